The molecule has 0 fully saturated rings. The van der Waals surface area contributed by atoms with Crippen LogP contribution in [0.15, 0.2) is 36.4 Å². The van der Waals surface area contributed by atoms with E-state index in [4.69, 9.17) is 22.1 Å². The minimum atomic E-state index is -0.334. The number of halogens is 2. The molecule has 2 aromatic carbocycles. The van der Waals surface area contributed by atoms with Gasteiger partial charge >= 0.3 is 0 Å². The molecule has 17 heavy (non-hydrogen) atoms. The largest absolute Gasteiger partial charge is 0.495 e. The number of nitrogens with two attached hydrogens (primary N) is 1. The van der Waals surface area contributed by atoms with Crippen molar-refractivity contribution in [2.24, 2.45) is 0 Å². The van der Waals surface area contributed by atoms with Crippen molar-refractivity contribution in [2.45, 2.75) is 0 Å². The van der Waals surface area contributed by atoms with Crippen LogP contribution in [-0.2, 0) is 0 Å². The van der Waals surface area contributed by atoms with Crippen molar-refractivity contribution in [3.05, 3.63) is 47.2 Å². The minimum Gasteiger partial charge on any atom is -0.495 e. The van der Waals surface area contributed by atoms with Crippen molar-refractivity contribution in [2.75, 3.05) is 12.8 Å². The molecule has 2 aromatic rings. The van der Waals surface area contributed by atoms with Crippen LogP contribution in [0.2, 0.25) is 5.02 Å². The third kappa shape index (κ3) is 2.34. The molecule has 0 radical (unpaired) electrons. The Labute approximate surface area is 104 Å². The highest BCUT2D eigenvalue weighted by molar-refractivity contribution is 6.33. The number of nitrogen functional groups attached to an aromatic ring is 1. The molecule has 0 saturated carbocycles. The lowest BCUT2D eigenvalue weighted by Gasteiger charge is -2.08. The van der Waals surface area contributed by atoms with E-state index in [-0.39, 0.29) is 5.82 Å². The van der Waals surface area contributed by atoms with E-state index in [1.807, 2.05) is 0 Å². The zero-order valence-corrected chi connectivity index (χ0v) is 9.96. The standard InChI is InChI=1S/C13H11ClFNO/c1-17-13-5-2-8(6-12(13)16)10-7-9(15)3-4-11(10)14/h2-7H,16H2,1H3. The summed E-state index contributed by atoms with van der Waals surface area (Å²) in [4.78, 5) is 0. The van der Waals surface area contributed by atoms with Gasteiger partial charge in [-0.25, -0.2) is 4.39 Å². The Kier molecular flexibility index (Phi) is 3.20. The highest BCUT2D eigenvalue weighted by Gasteiger charge is 2.07. The normalized spacial score (nSPS) is 10.3. The summed E-state index contributed by atoms with van der Waals surface area (Å²) < 4.78 is 18.2. The second-order valence-electron chi connectivity index (χ2n) is 3.58. The molecule has 0 unspecified atom stereocenters. The molecular weight excluding hydrogens is 241 g/mol. The summed E-state index contributed by atoms with van der Waals surface area (Å²) in [6.07, 6.45) is 0. The van der Waals surface area contributed by atoms with Gasteiger partial charge in [0.2, 0.25) is 0 Å². The fourth-order valence-corrected chi connectivity index (χ4v) is 1.85. The molecule has 0 atom stereocenters. The van der Waals surface area contributed by atoms with Crippen molar-refractivity contribution in [1.29, 1.82) is 0 Å². The molecular formula is C13H11ClFNO. The first-order chi connectivity index (χ1) is 8.11. The zero-order chi connectivity index (χ0) is 12.4. The molecule has 0 aliphatic carbocycles. The summed E-state index contributed by atoms with van der Waals surface area (Å²) in [6, 6.07) is 9.44. The number of anilines is 1. The van der Waals surface area contributed by atoms with Gasteiger partial charge in [0.25, 0.3) is 0 Å². The van der Waals surface area contributed by atoms with Gasteiger partial charge in [0.05, 0.1) is 12.8 Å². The first-order valence-corrected chi connectivity index (χ1v) is 5.38. The molecule has 2 rings (SSSR count). The van der Waals surface area contributed by atoms with Crippen molar-refractivity contribution in [1.82, 2.24) is 0 Å². The maximum absolute atomic E-state index is 13.2. The van der Waals surface area contributed by atoms with Crippen LogP contribution >= 0.6 is 11.6 Å². The fourth-order valence-electron chi connectivity index (χ4n) is 1.62. The van der Waals surface area contributed by atoms with Crippen LogP contribution in [0.1, 0.15) is 0 Å². The molecule has 0 bridgehead atoms. The van der Waals surface area contributed by atoms with Gasteiger partial charge in [-0.3, -0.25) is 0 Å². The lowest BCUT2D eigenvalue weighted by atomic mass is 10.0. The van der Waals surface area contributed by atoms with Gasteiger partial charge in [-0.05, 0) is 35.9 Å². The maximum Gasteiger partial charge on any atom is 0.141 e. The number of benzene rings is 2. The number of hydrogen-bond acceptors (Lipinski definition) is 2. The van der Waals surface area contributed by atoms with Crippen molar-refractivity contribution < 1.29 is 9.13 Å². The van der Waals surface area contributed by atoms with Crippen molar-refractivity contribution in [3.8, 4) is 16.9 Å². The van der Waals surface area contributed by atoms with E-state index >= 15 is 0 Å². The molecule has 2 N–H and O–H groups in total. The highest BCUT2D eigenvalue weighted by Crippen LogP contribution is 2.32. The summed E-state index contributed by atoms with van der Waals surface area (Å²) in [5, 5.41) is 0.482. The molecule has 0 heterocycles. The van der Waals surface area contributed by atoms with E-state index in [0.717, 1.165) is 5.56 Å². The third-order valence-electron chi connectivity index (χ3n) is 2.47. The van der Waals surface area contributed by atoms with Crippen LogP contribution in [0.3, 0.4) is 0 Å². The molecule has 0 aliphatic rings. The molecule has 88 valence electrons. The second-order valence-corrected chi connectivity index (χ2v) is 3.99. The average molecular weight is 252 g/mol. The predicted octanol–water partition coefficient (Wildman–Crippen LogP) is 3.74. The Bertz CT molecular complexity index is 557. The van der Waals surface area contributed by atoms with E-state index < -0.39 is 0 Å². The fraction of sp³-hybridized carbons (Fsp3) is 0.0769. The molecule has 0 aromatic heterocycles. The third-order valence-corrected chi connectivity index (χ3v) is 2.80. The number of ether oxygens (including phenoxy) is 1. The first-order valence-electron chi connectivity index (χ1n) is 5.01. The van der Waals surface area contributed by atoms with E-state index in [1.54, 1.807) is 25.3 Å². The Balaban J connectivity index is 2.53. The second kappa shape index (κ2) is 4.63. The molecule has 0 amide bonds. The maximum atomic E-state index is 13.2. The number of hydrogen-bond donors (Lipinski definition) is 1. The summed E-state index contributed by atoms with van der Waals surface area (Å²) >= 11 is 6.02. The van der Waals surface area contributed by atoms with E-state index in [9.17, 15) is 4.39 Å². The van der Waals surface area contributed by atoms with E-state index in [1.165, 1.54) is 18.2 Å². The quantitative estimate of drug-likeness (QED) is 0.826. The Morgan fingerprint density at radius 3 is 2.59 bits per heavy atom. The van der Waals surface area contributed by atoms with Gasteiger partial charge in [-0.2, -0.15) is 0 Å². The van der Waals surface area contributed by atoms with Gasteiger partial charge in [-0.1, -0.05) is 17.7 Å². The van der Waals surface area contributed by atoms with Crippen LogP contribution in [0.4, 0.5) is 10.1 Å². The Morgan fingerprint density at radius 1 is 1.18 bits per heavy atom. The predicted molar refractivity (Wildman–Crippen MR) is 67.8 cm³/mol. The van der Waals surface area contributed by atoms with Crippen LogP contribution in [0, 0.1) is 5.82 Å². The first kappa shape index (κ1) is 11.7. The number of rotatable bonds is 2. The van der Waals surface area contributed by atoms with E-state index in [0.29, 0.717) is 22.0 Å². The van der Waals surface area contributed by atoms with Gasteiger partial charge in [0, 0.05) is 10.6 Å². The Morgan fingerprint density at radius 2 is 1.94 bits per heavy atom. The monoisotopic (exact) mass is 251 g/mol. The average Bonchev–Trinajstić information content (AvgIpc) is 2.32. The van der Waals surface area contributed by atoms with Crippen LogP contribution in [-0.4, -0.2) is 7.11 Å². The smallest absolute Gasteiger partial charge is 0.141 e. The molecule has 0 spiro atoms. The number of methoxy groups -OCH3 is 1. The van der Waals surface area contributed by atoms with Crippen LogP contribution in [0.25, 0.3) is 11.1 Å². The highest BCUT2D eigenvalue weighted by atomic mass is 35.5. The lowest BCUT2D eigenvalue weighted by Crippen LogP contribution is -1.93. The van der Waals surface area contributed by atoms with Crippen LogP contribution < -0.4 is 10.5 Å². The van der Waals surface area contributed by atoms with Gasteiger partial charge < -0.3 is 10.5 Å². The SMILES string of the molecule is COc1ccc(-c2cc(F)ccc2Cl)cc1N. The lowest BCUT2D eigenvalue weighted by molar-refractivity contribution is 0.417. The molecule has 0 aliphatic heterocycles. The van der Waals surface area contributed by atoms with E-state index in [2.05, 4.69) is 0 Å². The molecule has 4 heteroatoms. The van der Waals surface area contributed by atoms with Crippen molar-refractivity contribution in [3.63, 3.8) is 0 Å². The summed E-state index contributed by atoms with van der Waals surface area (Å²) in [7, 11) is 1.54. The molecule has 0 saturated heterocycles. The molecule has 2 nitrogen and oxygen atoms in total. The Hall–Kier alpha value is -1.74. The topological polar surface area (TPSA) is 35.2 Å². The zero-order valence-electron chi connectivity index (χ0n) is 9.21. The van der Waals surface area contributed by atoms with Gasteiger partial charge in [-0.15, -0.1) is 0 Å². The van der Waals surface area contributed by atoms with Gasteiger partial charge in [0.1, 0.15) is 11.6 Å². The van der Waals surface area contributed by atoms with Gasteiger partial charge in [0.15, 0.2) is 0 Å². The van der Waals surface area contributed by atoms with Crippen molar-refractivity contribution >= 4 is 17.3 Å². The summed E-state index contributed by atoms with van der Waals surface area (Å²) in [6.45, 7) is 0. The van der Waals surface area contributed by atoms with Crippen LogP contribution in [0.5, 0.6) is 5.75 Å². The summed E-state index contributed by atoms with van der Waals surface area (Å²) in [5.74, 6) is 0.250. The minimum absolute atomic E-state index is 0.334. The summed E-state index contributed by atoms with van der Waals surface area (Å²) in [5.41, 5.74) is 7.66.